The number of carbonyl (C=O) groups excluding carboxylic acids is 1. The summed E-state index contributed by atoms with van der Waals surface area (Å²) in [5, 5.41) is 16.5. The predicted molar refractivity (Wildman–Crippen MR) is 84.0 cm³/mol. The van der Waals surface area contributed by atoms with Gasteiger partial charge in [0, 0.05) is 16.3 Å². The molecule has 2 aromatic rings. The van der Waals surface area contributed by atoms with Gasteiger partial charge in [-0.2, -0.15) is 5.10 Å². The lowest BCUT2D eigenvalue weighted by atomic mass is 10.2. The van der Waals surface area contributed by atoms with Crippen molar-refractivity contribution in [3.05, 3.63) is 58.6 Å². The van der Waals surface area contributed by atoms with Gasteiger partial charge in [-0.25, -0.2) is 10.2 Å². The molecule has 0 heterocycles. The summed E-state index contributed by atoms with van der Waals surface area (Å²) in [7, 11) is 0. The number of nitrogens with zero attached hydrogens (tertiary/aromatic N) is 1. The van der Waals surface area contributed by atoms with Crippen molar-refractivity contribution >= 4 is 29.5 Å². The summed E-state index contributed by atoms with van der Waals surface area (Å²) < 4.78 is 0. The van der Waals surface area contributed by atoms with Crippen LogP contribution < -0.4 is 10.7 Å². The predicted octanol–water partition coefficient (Wildman–Crippen LogP) is 3.51. The monoisotopic (exact) mass is 303 g/mol. The maximum absolute atomic E-state index is 11.7. The van der Waals surface area contributed by atoms with Crippen LogP contribution in [0.1, 0.15) is 11.1 Å². The number of phenolic OH excluding ortho intramolecular Hbond substituents is 1. The van der Waals surface area contributed by atoms with Crippen molar-refractivity contribution in [2.45, 2.75) is 6.92 Å². The maximum Gasteiger partial charge on any atom is 0.339 e. The number of aromatic hydroxyl groups is 1. The number of hydrogen-bond donors (Lipinski definition) is 3. The number of anilines is 1. The van der Waals surface area contributed by atoms with Crippen molar-refractivity contribution in [1.29, 1.82) is 0 Å². The third-order valence-corrected chi connectivity index (χ3v) is 3.23. The van der Waals surface area contributed by atoms with Gasteiger partial charge in [0.1, 0.15) is 5.75 Å². The molecule has 0 saturated heterocycles. The fourth-order valence-corrected chi connectivity index (χ4v) is 1.82. The summed E-state index contributed by atoms with van der Waals surface area (Å²) in [6, 6.07) is 11.4. The molecule has 0 atom stereocenters. The van der Waals surface area contributed by atoms with E-state index in [2.05, 4.69) is 15.8 Å². The zero-order valence-corrected chi connectivity index (χ0v) is 12.1. The van der Waals surface area contributed by atoms with Crippen LogP contribution >= 0.6 is 11.6 Å². The molecule has 2 aromatic carbocycles. The Kier molecular flexibility index (Phi) is 4.79. The SMILES string of the molecule is Cc1c(Cl)cccc1NC(=O)N/N=C\c1ccccc1O. The van der Waals surface area contributed by atoms with Crippen LogP contribution in [0.25, 0.3) is 0 Å². The molecule has 0 aliphatic heterocycles. The van der Waals surface area contributed by atoms with Crippen molar-refractivity contribution in [2.24, 2.45) is 5.10 Å². The van der Waals surface area contributed by atoms with Gasteiger partial charge in [-0.15, -0.1) is 0 Å². The fourth-order valence-electron chi connectivity index (χ4n) is 1.65. The maximum atomic E-state index is 11.7. The zero-order valence-electron chi connectivity index (χ0n) is 11.3. The van der Waals surface area contributed by atoms with Crippen LogP contribution in [0.4, 0.5) is 10.5 Å². The van der Waals surface area contributed by atoms with E-state index in [9.17, 15) is 9.90 Å². The number of nitrogens with one attached hydrogen (secondary N) is 2. The number of amides is 2. The van der Waals surface area contributed by atoms with Crippen LogP contribution in [0.2, 0.25) is 5.02 Å². The van der Waals surface area contributed by atoms with Gasteiger partial charge in [0.2, 0.25) is 0 Å². The van der Waals surface area contributed by atoms with Crippen LogP contribution in [0, 0.1) is 6.92 Å². The molecule has 0 radical (unpaired) electrons. The van der Waals surface area contributed by atoms with E-state index in [4.69, 9.17) is 11.6 Å². The van der Waals surface area contributed by atoms with Crippen LogP contribution in [-0.4, -0.2) is 17.4 Å². The van der Waals surface area contributed by atoms with E-state index in [0.717, 1.165) is 5.56 Å². The number of rotatable bonds is 3. The van der Waals surface area contributed by atoms with Crippen LogP contribution in [0.3, 0.4) is 0 Å². The summed E-state index contributed by atoms with van der Waals surface area (Å²) >= 11 is 5.97. The standard InChI is InChI=1S/C15H14ClN3O2/c1-10-12(16)6-4-7-13(10)18-15(21)19-17-9-11-5-2-3-8-14(11)20/h2-9,20H,1H3,(H2,18,19,21)/b17-9-. The molecule has 2 amide bonds. The van der Waals surface area contributed by atoms with Crippen molar-refractivity contribution in [2.75, 3.05) is 5.32 Å². The molecule has 0 fully saturated rings. The van der Waals surface area contributed by atoms with Crippen LogP contribution in [0.15, 0.2) is 47.6 Å². The number of hydrazone groups is 1. The summed E-state index contributed by atoms with van der Waals surface area (Å²) in [5.74, 6) is 0.0918. The molecule has 0 bridgehead atoms. The molecule has 0 saturated carbocycles. The Morgan fingerprint density at radius 2 is 2.00 bits per heavy atom. The largest absolute Gasteiger partial charge is 0.507 e. The average molecular weight is 304 g/mol. The van der Waals surface area contributed by atoms with E-state index in [0.29, 0.717) is 16.3 Å². The van der Waals surface area contributed by atoms with Crippen molar-refractivity contribution < 1.29 is 9.90 Å². The Labute approximate surface area is 127 Å². The lowest BCUT2D eigenvalue weighted by molar-refractivity contribution is 0.252. The topological polar surface area (TPSA) is 73.7 Å². The van der Waals surface area contributed by atoms with E-state index >= 15 is 0 Å². The molecular formula is C15H14ClN3O2. The number of urea groups is 1. The van der Waals surface area contributed by atoms with Crippen LogP contribution in [-0.2, 0) is 0 Å². The van der Waals surface area contributed by atoms with E-state index in [1.165, 1.54) is 12.3 Å². The molecule has 0 aromatic heterocycles. The second-order valence-corrected chi connectivity index (χ2v) is 4.70. The molecule has 2 rings (SSSR count). The molecule has 3 N–H and O–H groups in total. The summed E-state index contributed by atoms with van der Waals surface area (Å²) in [6.07, 6.45) is 1.36. The first-order valence-electron chi connectivity index (χ1n) is 6.21. The summed E-state index contributed by atoms with van der Waals surface area (Å²) in [4.78, 5) is 11.7. The van der Waals surface area contributed by atoms with Crippen molar-refractivity contribution in [1.82, 2.24) is 5.43 Å². The van der Waals surface area contributed by atoms with E-state index < -0.39 is 6.03 Å². The van der Waals surface area contributed by atoms with E-state index in [1.54, 1.807) is 36.4 Å². The highest BCUT2D eigenvalue weighted by molar-refractivity contribution is 6.31. The molecule has 5 nitrogen and oxygen atoms in total. The van der Waals surface area contributed by atoms with Gasteiger partial charge in [0.05, 0.1) is 6.21 Å². The normalized spacial score (nSPS) is 10.6. The molecule has 0 aliphatic rings. The Morgan fingerprint density at radius 3 is 2.76 bits per heavy atom. The first kappa shape index (κ1) is 14.9. The first-order chi connectivity index (χ1) is 10.1. The highest BCUT2D eigenvalue weighted by atomic mass is 35.5. The highest BCUT2D eigenvalue weighted by Crippen LogP contribution is 2.22. The van der Waals surface area contributed by atoms with Gasteiger partial charge in [-0.05, 0) is 36.8 Å². The van der Waals surface area contributed by atoms with Gasteiger partial charge >= 0.3 is 6.03 Å². The summed E-state index contributed by atoms with van der Waals surface area (Å²) in [6.45, 7) is 1.81. The van der Waals surface area contributed by atoms with Crippen LogP contribution in [0.5, 0.6) is 5.75 Å². The van der Waals surface area contributed by atoms with Crippen molar-refractivity contribution in [3.63, 3.8) is 0 Å². The Hall–Kier alpha value is -2.53. The number of phenols is 1. The Bertz CT molecular complexity index is 686. The van der Waals surface area contributed by atoms with Gasteiger partial charge in [0.15, 0.2) is 0 Å². The third kappa shape index (κ3) is 3.97. The van der Waals surface area contributed by atoms with E-state index in [-0.39, 0.29) is 5.75 Å². The number of para-hydroxylation sites is 1. The van der Waals surface area contributed by atoms with Gasteiger partial charge in [-0.3, -0.25) is 0 Å². The minimum atomic E-state index is -0.493. The number of halogens is 1. The molecule has 21 heavy (non-hydrogen) atoms. The Balaban J connectivity index is 1.97. The molecule has 108 valence electrons. The van der Waals surface area contributed by atoms with Gasteiger partial charge in [0.25, 0.3) is 0 Å². The smallest absolute Gasteiger partial charge is 0.339 e. The number of carbonyl (C=O) groups is 1. The minimum Gasteiger partial charge on any atom is -0.507 e. The second-order valence-electron chi connectivity index (χ2n) is 4.30. The molecule has 0 spiro atoms. The number of hydrogen-bond acceptors (Lipinski definition) is 3. The van der Waals surface area contributed by atoms with E-state index in [1.807, 2.05) is 6.92 Å². The summed E-state index contributed by atoms with van der Waals surface area (Å²) in [5.41, 5.74) is 4.22. The third-order valence-electron chi connectivity index (χ3n) is 2.82. The zero-order chi connectivity index (χ0) is 15.2. The average Bonchev–Trinajstić information content (AvgIpc) is 2.46. The van der Waals surface area contributed by atoms with Gasteiger partial charge < -0.3 is 10.4 Å². The lowest BCUT2D eigenvalue weighted by Gasteiger charge is -2.08. The lowest BCUT2D eigenvalue weighted by Crippen LogP contribution is -2.24. The molecule has 0 aliphatic carbocycles. The molecular weight excluding hydrogens is 290 g/mol. The minimum absolute atomic E-state index is 0.0918. The quantitative estimate of drug-likeness (QED) is 0.599. The van der Waals surface area contributed by atoms with Crippen molar-refractivity contribution in [3.8, 4) is 5.75 Å². The fraction of sp³-hybridized carbons (Fsp3) is 0.0667. The molecule has 6 heteroatoms. The number of benzene rings is 2. The van der Waals surface area contributed by atoms with Gasteiger partial charge in [-0.1, -0.05) is 29.8 Å². The molecule has 0 unspecified atom stereocenters. The highest BCUT2D eigenvalue weighted by Gasteiger charge is 2.05. The first-order valence-corrected chi connectivity index (χ1v) is 6.59. The Morgan fingerprint density at radius 1 is 1.24 bits per heavy atom. The second kappa shape index (κ2) is 6.76.